The summed E-state index contributed by atoms with van der Waals surface area (Å²) in [6.45, 7) is 0. The Bertz CT molecular complexity index is 635. The third-order valence-electron chi connectivity index (χ3n) is 2.43. The molecule has 0 radical (unpaired) electrons. The van der Waals surface area contributed by atoms with Gasteiger partial charge in [0.1, 0.15) is 5.75 Å². The van der Waals surface area contributed by atoms with Crippen molar-refractivity contribution in [2.24, 2.45) is 0 Å². The molecule has 0 unspecified atom stereocenters. The first-order chi connectivity index (χ1) is 9.24. The van der Waals surface area contributed by atoms with Crippen LogP contribution in [0, 0.1) is 11.3 Å². The van der Waals surface area contributed by atoms with Crippen LogP contribution in [-0.4, -0.2) is 23.2 Å². The summed E-state index contributed by atoms with van der Waals surface area (Å²) in [5.74, 6) is 0.104. The van der Waals surface area contributed by atoms with Gasteiger partial charge in [0.25, 0.3) is 5.91 Å². The summed E-state index contributed by atoms with van der Waals surface area (Å²) in [7, 11) is 1.47. The maximum absolute atomic E-state index is 11.9. The van der Waals surface area contributed by atoms with Crippen molar-refractivity contribution in [3.63, 3.8) is 0 Å². The van der Waals surface area contributed by atoms with Gasteiger partial charge in [0.2, 0.25) is 0 Å². The summed E-state index contributed by atoms with van der Waals surface area (Å²) in [4.78, 5) is 11.9. The van der Waals surface area contributed by atoms with E-state index in [4.69, 9.17) is 10.00 Å². The molecule has 0 aliphatic carbocycles. The number of benzene rings is 1. The number of hydrogen-bond acceptors (Lipinski definition) is 5. The fraction of sp³-hybridized carbons (Fsp3) is 0.0769. The summed E-state index contributed by atoms with van der Waals surface area (Å²) in [6.07, 6.45) is 2.80. The number of carbonyl (C=O) groups is 1. The predicted octanol–water partition coefficient (Wildman–Crippen LogP) is 1.61. The number of hydrogen-bond donors (Lipinski definition) is 1. The number of methoxy groups -OCH3 is 1. The number of rotatable bonds is 3. The molecule has 1 amide bonds. The highest BCUT2D eigenvalue weighted by Gasteiger charge is 2.10. The van der Waals surface area contributed by atoms with E-state index in [0.717, 1.165) is 0 Å². The summed E-state index contributed by atoms with van der Waals surface area (Å²) < 4.78 is 5.13. The Hall–Kier alpha value is -2.94. The van der Waals surface area contributed by atoms with E-state index in [9.17, 15) is 4.79 Å². The Morgan fingerprint density at radius 2 is 2.21 bits per heavy atom. The highest BCUT2D eigenvalue weighted by atomic mass is 16.5. The van der Waals surface area contributed by atoms with E-state index >= 15 is 0 Å². The molecular weight excluding hydrogens is 244 g/mol. The molecule has 6 nitrogen and oxygen atoms in total. The van der Waals surface area contributed by atoms with E-state index in [-0.39, 0.29) is 5.91 Å². The zero-order valence-corrected chi connectivity index (χ0v) is 10.1. The van der Waals surface area contributed by atoms with Crippen molar-refractivity contribution in [2.45, 2.75) is 0 Å². The number of aromatic nitrogens is 2. The molecule has 1 aromatic heterocycles. The van der Waals surface area contributed by atoms with E-state index in [2.05, 4.69) is 15.5 Å². The van der Waals surface area contributed by atoms with E-state index < -0.39 is 0 Å². The molecule has 1 heterocycles. The van der Waals surface area contributed by atoms with Gasteiger partial charge in [-0.05, 0) is 18.2 Å². The lowest BCUT2D eigenvalue weighted by Gasteiger charge is -2.10. The number of nitrogens with zero attached hydrogens (tertiary/aromatic N) is 3. The standard InChI is InChI=1S/C13H10N4O2/c1-19-12-6-9(7-14)2-3-11(12)17-13(18)10-4-5-15-16-8-10/h2-6,8H,1H3,(H,17,18). The minimum Gasteiger partial charge on any atom is -0.495 e. The zero-order valence-electron chi connectivity index (χ0n) is 10.1. The van der Waals surface area contributed by atoms with Crippen LogP contribution < -0.4 is 10.1 Å². The number of ether oxygens (including phenoxy) is 1. The lowest BCUT2D eigenvalue weighted by Crippen LogP contribution is -2.13. The van der Waals surface area contributed by atoms with Crippen molar-refractivity contribution in [1.29, 1.82) is 5.26 Å². The molecule has 19 heavy (non-hydrogen) atoms. The van der Waals surface area contributed by atoms with Crippen LogP contribution in [0.15, 0.2) is 36.7 Å². The lowest BCUT2D eigenvalue weighted by molar-refractivity contribution is 0.102. The van der Waals surface area contributed by atoms with Gasteiger partial charge >= 0.3 is 0 Å². The lowest BCUT2D eigenvalue weighted by atomic mass is 10.2. The Labute approximate surface area is 109 Å². The summed E-state index contributed by atoms with van der Waals surface area (Å²) >= 11 is 0. The van der Waals surface area contributed by atoms with Gasteiger partial charge in [-0.25, -0.2) is 0 Å². The molecule has 94 valence electrons. The maximum Gasteiger partial charge on any atom is 0.257 e. The summed E-state index contributed by atoms with van der Waals surface area (Å²) in [5.41, 5.74) is 1.34. The second-order valence-corrected chi connectivity index (χ2v) is 3.61. The van der Waals surface area contributed by atoms with Gasteiger partial charge in [-0.1, -0.05) is 0 Å². The molecule has 0 bridgehead atoms. The predicted molar refractivity (Wildman–Crippen MR) is 67.7 cm³/mol. The topological polar surface area (TPSA) is 87.9 Å². The molecule has 0 atom stereocenters. The fourth-order valence-corrected chi connectivity index (χ4v) is 1.48. The van der Waals surface area contributed by atoms with Crippen LogP contribution in [0.5, 0.6) is 5.75 Å². The van der Waals surface area contributed by atoms with E-state index in [1.165, 1.54) is 19.5 Å². The van der Waals surface area contributed by atoms with Crippen molar-refractivity contribution in [2.75, 3.05) is 12.4 Å². The van der Waals surface area contributed by atoms with Gasteiger partial charge in [0, 0.05) is 6.07 Å². The van der Waals surface area contributed by atoms with Crippen molar-refractivity contribution in [1.82, 2.24) is 10.2 Å². The molecule has 1 N–H and O–H groups in total. The normalized spacial score (nSPS) is 9.47. The minimum atomic E-state index is -0.321. The molecule has 0 spiro atoms. The van der Waals surface area contributed by atoms with Crippen LogP contribution in [0.4, 0.5) is 5.69 Å². The third-order valence-corrected chi connectivity index (χ3v) is 2.43. The molecule has 2 rings (SSSR count). The number of nitriles is 1. The van der Waals surface area contributed by atoms with Crippen LogP contribution in [0.3, 0.4) is 0 Å². The average Bonchev–Trinajstić information content (AvgIpc) is 2.48. The molecule has 0 aliphatic rings. The molecule has 0 fully saturated rings. The highest BCUT2D eigenvalue weighted by Crippen LogP contribution is 2.25. The Morgan fingerprint density at radius 1 is 1.37 bits per heavy atom. The Kier molecular flexibility index (Phi) is 3.69. The first-order valence-corrected chi connectivity index (χ1v) is 5.41. The van der Waals surface area contributed by atoms with Gasteiger partial charge in [-0.2, -0.15) is 15.5 Å². The van der Waals surface area contributed by atoms with Crippen molar-refractivity contribution in [3.05, 3.63) is 47.8 Å². The van der Waals surface area contributed by atoms with Crippen LogP contribution in [-0.2, 0) is 0 Å². The van der Waals surface area contributed by atoms with Crippen molar-refractivity contribution < 1.29 is 9.53 Å². The first-order valence-electron chi connectivity index (χ1n) is 5.41. The van der Waals surface area contributed by atoms with E-state index in [0.29, 0.717) is 22.6 Å². The Balaban J connectivity index is 2.24. The van der Waals surface area contributed by atoms with Crippen molar-refractivity contribution in [3.8, 4) is 11.8 Å². The molecular formula is C13H10N4O2. The molecule has 0 aliphatic heterocycles. The number of nitrogens with one attached hydrogen (secondary N) is 1. The van der Waals surface area contributed by atoms with Gasteiger partial charge in [-0.3, -0.25) is 4.79 Å². The molecule has 1 aromatic carbocycles. The minimum absolute atomic E-state index is 0.321. The van der Waals surface area contributed by atoms with Crippen molar-refractivity contribution >= 4 is 11.6 Å². The van der Waals surface area contributed by atoms with Crippen LogP contribution in [0.1, 0.15) is 15.9 Å². The number of carbonyl (C=O) groups excluding carboxylic acids is 1. The second kappa shape index (κ2) is 5.60. The van der Waals surface area contributed by atoms with Gasteiger partial charge in [-0.15, -0.1) is 0 Å². The zero-order chi connectivity index (χ0) is 13.7. The van der Waals surface area contributed by atoms with Crippen LogP contribution in [0.25, 0.3) is 0 Å². The highest BCUT2D eigenvalue weighted by molar-refractivity contribution is 6.04. The quantitative estimate of drug-likeness (QED) is 0.898. The fourth-order valence-electron chi connectivity index (χ4n) is 1.48. The SMILES string of the molecule is COc1cc(C#N)ccc1NC(=O)c1ccnnc1. The maximum atomic E-state index is 11.9. The monoisotopic (exact) mass is 254 g/mol. The summed E-state index contributed by atoms with van der Waals surface area (Å²) in [5, 5.41) is 18.7. The largest absolute Gasteiger partial charge is 0.495 e. The van der Waals surface area contributed by atoms with Gasteiger partial charge < -0.3 is 10.1 Å². The molecule has 0 saturated heterocycles. The Morgan fingerprint density at radius 3 is 2.84 bits per heavy atom. The smallest absolute Gasteiger partial charge is 0.257 e. The van der Waals surface area contributed by atoms with Crippen LogP contribution in [0.2, 0.25) is 0 Å². The van der Waals surface area contributed by atoms with Crippen LogP contribution >= 0.6 is 0 Å². The first kappa shape index (κ1) is 12.5. The van der Waals surface area contributed by atoms with E-state index in [1.807, 2.05) is 6.07 Å². The number of amides is 1. The van der Waals surface area contributed by atoms with E-state index in [1.54, 1.807) is 24.3 Å². The van der Waals surface area contributed by atoms with Gasteiger partial charge in [0.15, 0.2) is 0 Å². The second-order valence-electron chi connectivity index (χ2n) is 3.61. The molecule has 6 heteroatoms. The average molecular weight is 254 g/mol. The summed E-state index contributed by atoms with van der Waals surface area (Å²) in [6, 6.07) is 8.33. The molecule has 0 saturated carbocycles. The van der Waals surface area contributed by atoms with Gasteiger partial charge in [0.05, 0.1) is 42.4 Å². The number of anilines is 1. The molecule has 2 aromatic rings. The third kappa shape index (κ3) is 2.84.